The topological polar surface area (TPSA) is 13.1 Å². The third kappa shape index (κ3) is 3.57. The Hall–Kier alpha value is -6.70. The van der Waals surface area contributed by atoms with Gasteiger partial charge in [-0.2, -0.15) is 0 Å². The Morgan fingerprint density at radius 3 is 1.65 bits per heavy atom. The maximum Gasteiger partial charge on any atom is 0.136 e. The van der Waals surface area contributed by atoms with E-state index in [0.717, 1.165) is 21.9 Å². The number of hydrogen-bond acceptors (Lipinski definition) is 1. The average Bonchev–Trinajstić information content (AvgIpc) is 3.82. The van der Waals surface area contributed by atoms with E-state index in [1.54, 1.807) is 0 Å². The van der Waals surface area contributed by atoms with Crippen LogP contribution in [0.25, 0.3) is 88.0 Å². The molecule has 0 fully saturated rings. The van der Waals surface area contributed by atoms with Crippen molar-refractivity contribution in [1.82, 2.24) is 0 Å². The summed E-state index contributed by atoms with van der Waals surface area (Å²) in [5, 5.41) is 7.22. The lowest BCUT2D eigenvalue weighted by Crippen LogP contribution is -2.26. The molecule has 0 aliphatic heterocycles. The molecule has 2 aliphatic carbocycles. The summed E-state index contributed by atoms with van der Waals surface area (Å²) >= 11 is 0. The van der Waals surface area contributed by atoms with Gasteiger partial charge in [-0.15, -0.1) is 0 Å². The van der Waals surface area contributed by atoms with Crippen molar-refractivity contribution in [3.8, 4) is 44.5 Å². The number of fused-ring (bicyclic) bond motifs is 15. The predicted octanol–water partition coefficient (Wildman–Crippen LogP) is 13.6. The van der Waals surface area contributed by atoms with Crippen molar-refractivity contribution in [2.75, 3.05) is 0 Å². The normalized spacial score (nSPS) is 13.5. The fourth-order valence-corrected chi connectivity index (χ4v) is 9.70. The smallest absolute Gasteiger partial charge is 0.136 e. The maximum absolute atomic E-state index is 6.61. The second-order valence-electron chi connectivity index (χ2n) is 14.4. The summed E-state index contributed by atoms with van der Waals surface area (Å²) in [5.74, 6) is 0. The van der Waals surface area contributed by atoms with Gasteiger partial charge in [0, 0.05) is 10.8 Å². The van der Waals surface area contributed by atoms with Crippen molar-refractivity contribution in [2.24, 2.45) is 0 Å². The SMILES string of the molecule is c1ccc(-c2cc(-c3cccc4oc5cc6ccccc6cc5c34)cc3c2-c2cc4ccccc4cc2C32c3ccccc3-c3ccccc32)cc1. The van der Waals surface area contributed by atoms with Crippen LogP contribution in [0, 0.1) is 0 Å². The molecule has 0 saturated heterocycles. The molecule has 0 radical (unpaired) electrons. The first-order chi connectivity index (χ1) is 25.8. The molecule has 0 atom stereocenters. The van der Waals surface area contributed by atoms with Crippen LogP contribution in [-0.2, 0) is 5.41 Å². The summed E-state index contributed by atoms with van der Waals surface area (Å²) in [7, 11) is 0. The minimum atomic E-state index is -0.482. The second-order valence-corrected chi connectivity index (χ2v) is 14.4. The minimum absolute atomic E-state index is 0.482. The second kappa shape index (κ2) is 10.2. The van der Waals surface area contributed by atoms with Gasteiger partial charge in [0.15, 0.2) is 0 Å². The fraction of sp³-hybridized carbons (Fsp3) is 0.0196. The van der Waals surface area contributed by atoms with Crippen molar-refractivity contribution in [3.63, 3.8) is 0 Å². The van der Waals surface area contributed by atoms with E-state index in [2.05, 4.69) is 182 Å². The zero-order chi connectivity index (χ0) is 34.0. The van der Waals surface area contributed by atoms with Crippen molar-refractivity contribution >= 4 is 43.5 Å². The molecule has 0 unspecified atom stereocenters. The Morgan fingerprint density at radius 2 is 0.923 bits per heavy atom. The molecule has 0 N–H and O–H groups in total. The van der Waals surface area contributed by atoms with E-state index in [9.17, 15) is 0 Å². The molecule has 0 amide bonds. The first-order valence-electron chi connectivity index (χ1n) is 18.1. The van der Waals surface area contributed by atoms with E-state index in [0.29, 0.717) is 0 Å². The zero-order valence-electron chi connectivity index (χ0n) is 28.2. The molecule has 1 heterocycles. The number of hydrogen-bond donors (Lipinski definition) is 0. The molecule has 10 aromatic rings. The summed E-state index contributed by atoms with van der Waals surface area (Å²) in [6, 6.07) is 67.4. The van der Waals surface area contributed by atoms with Crippen LogP contribution >= 0.6 is 0 Å². The van der Waals surface area contributed by atoms with E-state index >= 15 is 0 Å². The quantitative estimate of drug-likeness (QED) is 0.180. The van der Waals surface area contributed by atoms with Gasteiger partial charge in [-0.1, -0.05) is 140 Å². The van der Waals surface area contributed by atoms with Gasteiger partial charge < -0.3 is 4.42 Å². The van der Waals surface area contributed by atoms with E-state index < -0.39 is 5.41 Å². The first kappa shape index (κ1) is 28.0. The Morgan fingerprint density at radius 1 is 0.327 bits per heavy atom. The van der Waals surface area contributed by atoms with Gasteiger partial charge in [0.25, 0.3) is 0 Å². The van der Waals surface area contributed by atoms with E-state index in [4.69, 9.17) is 4.42 Å². The van der Waals surface area contributed by atoms with Crippen LogP contribution in [0.1, 0.15) is 22.3 Å². The summed E-state index contributed by atoms with van der Waals surface area (Å²) < 4.78 is 6.61. The van der Waals surface area contributed by atoms with Gasteiger partial charge in [-0.3, -0.25) is 0 Å². The predicted molar refractivity (Wildman–Crippen MR) is 216 cm³/mol. The summed E-state index contributed by atoms with van der Waals surface area (Å²) in [6.07, 6.45) is 0. The molecule has 9 aromatic carbocycles. The van der Waals surface area contributed by atoms with Crippen molar-refractivity contribution in [3.05, 3.63) is 204 Å². The lowest BCUT2D eigenvalue weighted by atomic mass is 9.69. The Labute approximate surface area is 301 Å². The van der Waals surface area contributed by atoms with Crippen molar-refractivity contribution in [2.45, 2.75) is 5.41 Å². The van der Waals surface area contributed by atoms with Crippen molar-refractivity contribution in [1.29, 1.82) is 0 Å². The minimum Gasteiger partial charge on any atom is -0.456 e. The molecular formula is C51H30O. The van der Waals surface area contributed by atoms with E-state index in [1.165, 1.54) is 88.3 Å². The highest BCUT2D eigenvalue weighted by Gasteiger charge is 2.52. The molecule has 52 heavy (non-hydrogen) atoms. The van der Waals surface area contributed by atoms with Gasteiger partial charge in [0.05, 0.1) is 5.41 Å². The maximum atomic E-state index is 6.61. The van der Waals surface area contributed by atoms with Crippen LogP contribution in [0.2, 0.25) is 0 Å². The molecule has 1 aromatic heterocycles. The Balaban J connectivity index is 1.26. The van der Waals surface area contributed by atoms with Gasteiger partial charge in [-0.05, 0) is 131 Å². The summed E-state index contributed by atoms with van der Waals surface area (Å²) in [4.78, 5) is 0. The molecule has 1 spiro atoms. The van der Waals surface area contributed by atoms with Crippen LogP contribution in [0.5, 0.6) is 0 Å². The van der Waals surface area contributed by atoms with Gasteiger partial charge >= 0.3 is 0 Å². The highest BCUT2D eigenvalue weighted by atomic mass is 16.3. The fourth-order valence-electron chi connectivity index (χ4n) is 9.70. The third-order valence-corrected chi connectivity index (χ3v) is 11.8. The van der Waals surface area contributed by atoms with Gasteiger partial charge in [0.2, 0.25) is 0 Å². The third-order valence-electron chi connectivity index (χ3n) is 11.8. The molecule has 0 bridgehead atoms. The monoisotopic (exact) mass is 658 g/mol. The van der Waals surface area contributed by atoms with Gasteiger partial charge in [0.1, 0.15) is 11.2 Å². The molecule has 12 rings (SSSR count). The van der Waals surface area contributed by atoms with Crippen LogP contribution in [0.4, 0.5) is 0 Å². The van der Waals surface area contributed by atoms with E-state index in [-0.39, 0.29) is 0 Å². The van der Waals surface area contributed by atoms with Crippen LogP contribution in [0.15, 0.2) is 186 Å². The number of benzene rings is 9. The van der Waals surface area contributed by atoms with Crippen LogP contribution in [0.3, 0.4) is 0 Å². The standard InChI is InChI=1S/C51H30O/c1-2-13-31(14-3-1)40-27-36(37-21-12-24-47-50(37)42-26-33-16-5-7-18-35(33)30-48(42)52-47)29-46-49(40)41-25-32-15-4-6-17-34(32)28-45(41)51(46)43-22-10-8-19-38(43)39-20-9-11-23-44(39)51/h1-30H. The molecule has 0 saturated carbocycles. The summed E-state index contributed by atoms with van der Waals surface area (Å²) in [6.45, 7) is 0. The Kier molecular flexibility index (Phi) is 5.49. The van der Waals surface area contributed by atoms with Gasteiger partial charge in [-0.25, -0.2) is 0 Å². The summed E-state index contributed by atoms with van der Waals surface area (Å²) in [5.41, 5.74) is 16.8. The van der Waals surface area contributed by atoms with Crippen LogP contribution in [-0.4, -0.2) is 0 Å². The highest BCUT2D eigenvalue weighted by molar-refractivity contribution is 6.16. The number of furan rings is 1. The van der Waals surface area contributed by atoms with Crippen LogP contribution < -0.4 is 0 Å². The highest BCUT2D eigenvalue weighted by Crippen LogP contribution is 2.65. The average molecular weight is 659 g/mol. The molecule has 2 aliphatic rings. The lowest BCUT2D eigenvalue weighted by molar-refractivity contribution is 0.669. The first-order valence-corrected chi connectivity index (χ1v) is 18.1. The molecule has 240 valence electrons. The molecular weight excluding hydrogens is 629 g/mol. The molecule has 1 nitrogen and oxygen atoms in total. The largest absolute Gasteiger partial charge is 0.456 e. The van der Waals surface area contributed by atoms with Crippen molar-refractivity contribution < 1.29 is 4.42 Å². The lowest BCUT2D eigenvalue weighted by Gasteiger charge is -2.31. The Bertz CT molecular complexity index is 3080. The molecule has 1 heteroatoms. The number of rotatable bonds is 2. The van der Waals surface area contributed by atoms with E-state index in [1.807, 2.05) is 0 Å². The zero-order valence-corrected chi connectivity index (χ0v) is 28.2.